The van der Waals surface area contributed by atoms with E-state index in [0.29, 0.717) is 16.6 Å². The van der Waals surface area contributed by atoms with Crippen molar-refractivity contribution in [3.05, 3.63) is 46.4 Å². The van der Waals surface area contributed by atoms with Crippen LogP contribution in [0.2, 0.25) is 5.02 Å². The normalized spacial score (nSPS) is 17.4. The standard InChI is InChI=1S/C19H23ClN4O/c1-12-5-4-6-24(11-12)17-10-21-16(9-22-17)19(25)23-18-14(3)7-13(2)8-15(18)20/h7-10,12H,4-6,11H2,1-3H3,(H,23,25). The van der Waals surface area contributed by atoms with Crippen molar-refractivity contribution >= 4 is 29.0 Å². The van der Waals surface area contributed by atoms with Crippen LogP contribution in [0.15, 0.2) is 24.5 Å². The Bertz CT molecular complexity index is 752. The number of amides is 1. The number of nitrogens with zero attached hydrogens (tertiary/aromatic N) is 3. The molecule has 0 saturated carbocycles. The van der Waals surface area contributed by atoms with Gasteiger partial charge in [-0.15, -0.1) is 0 Å². The number of benzene rings is 1. The Hall–Kier alpha value is -2.14. The van der Waals surface area contributed by atoms with Gasteiger partial charge in [-0.05, 0) is 49.8 Å². The first kappa shape index (κ1) is 17.7. The molecule has 1 aliphatic heterocycles. The van der Waals surface area contributed by atoms with E-state index in [-0.39, 0.29) is 11.6 Å². The Labute approximate surface area is 153 Å². The maximum atomic E-state index is 12.5. The van der Waals surface area contributed by atoms with Gasteiger partial charge in [0.15, 0.2) is 0 Å². The number of anilines is 2. The predicted molar refractivity (Wildman–Crippen MR) is 102 cm³/mol. The minimum absolute atomic E-state index is 0.282. The molecule has 2 aromatic rings. The van der Waals surface area contributed by atoms with Crippen LogP contribution in [0.25, 0.3) is 0 Å². The van der Waals surface area contributed by atoms with Gasteiger partial charge in [0, 0.05) is 13.1 Å². The van der Waals surface area contributed by atoms with Crippen LogP contribution in [0.5, 0.6) is 0 Å². The van der Waals surface area contributed by atoms with E-state index >= 15 is 0 Å². The summed E-state index contributed by atoms with van der Waals surface area (Å²) in [5.41, 5.74) is 2.88. The lowest BCUT2D eigenvalue weighted by molar-refractivity contribution is 0.102. The molecule has 3 rings (SSSR count). The van der Waals surface area contributed by atoms with Gasteiger partial charge in [-0.25, -0.2) is 9.97 Å². The molecule has 1 unspecified atom stereocenters. The van der Waals surface area contributed by atoms with E-state index in [2.05, 4.69) is 27.1 Å². The van der Waals surface area contributed by atoms with Crippen LogP contribution in [0, 0.1) is 19.8 Å². The number of carbonyl (C=O) groups excluding carboxylic acids is 1. The second kappa shape index (κ2) is 7.40. The summed E-state index contributed by atoms with van der Waals surface area (Å²) >= 11 is 6.25. The lowest BCUT2D eigenvalue weighted by atomic mass is 10.0. The molecule has 2 heterocycles. The van der Waals surface area contributed by atoms with Crippen molar-refractivity contribution in [2.75, 3.05) is 23.3 Å². The Morgan fingerprint density at radius 1 is 1.28 bits per heavy atom. The minimum Gasteiger partial charge on any atom is -0.355 e. The zero-order valence-corrected chi connectivity index (χ0v) is 15.6. The van der Waals surface area contributed by atoms with E-state index in [1.165, 1.54) is 12.6 Å². The van der Waals surface area contributed by atoms with E-state index in [1.807, 2.05) is 26.0 Å². The molecule has 1 amide bonds. The number of aromatic nitrogens is 2. The van der Waals surface area contributed by atoms with Crippen molar-refractivity contribution in [2.24, 2.45) is 5.92 Å². The number of nitrogens with one attached hydrogen (secondary N) is 1. The lowest BCUT2D eigenvalue weighted by Gasteiger charge is -2.31. The summed E-state index contributed by atoms with van der Waals surface area (Å²) in [6.07, 6.45) is 5.62. The molecule has 0 radical (unpaired) electrons. The van der Waals surface area contributed by atoms with Crippen LogP contribution < -0.4 is 10.2 Å². The van der Waals surface area contributed by atoms with Gasteiger partial charge in [-0.2, -0.15) is 0 Å². The van der Waals surface area contributed by atoms with Crippen molar-refractivity contribution in [2.45, 2.75) is 33.6 Å². The van der Waals surface area contributed by atoms with Crippen molar-refractivity contribution in [1.29, 1.82) is 0 Å². The molecule has 5 nitrogen and oxygen atoms in total. The molecule has 1 N–H and O–H groups in total. The Morgan fingerprint density at radius 2 is 2.08 bits per heavy atom. The van der Waals surface area contributed by atoms with Gasteiger partial charge in [0.2, 0.25) is 0 Å². The van der Waals surface area contributed by atoms with Gasteiger partial charge in [0.25, 0.3) is 5.91 Å². The first-order chi connectivity index (χ1) is 11.9. The number of rotatable bonds is 3. The summed E-state index contributed by atoms with van der Waals surface area (Å²) in [6.45, 7) is 8.10. The second-order valence-corrected chi connectivity index (χ2v) is 7.25. The van der Waals surface area contributed by atoms with Crippen LogP contribution >= 0.6 is 11.6 Å². The molecule has 1 aromatic carbocycles. The summed E-state index contributed by atoms with van der Waals surface area (Å²) in [4.78, 5) is 23.4. The third-order valence-corrected chi connectivity index (χ3v) is 4.82. The van der Waals surface area contributed by atoms with Gasteiger partial charge >= 0.3 is 0 Å². The molecule has 1 saturated heterocycles. The fourth-order valence-electron chi connectivity index (χ4n) is 3.25. The molecule has 6 heteroatoms. The van der Waals surface area contributed by atoms with E-state index in [1.54, 1.807) is 6.20 Å². The molecule has 1 aliphatic rings. The van der Waals surface area contributed by atoms with Crippen LogP contribution in [0.4, 0.5) is 11.5 Å². The Balaban J connectivity index is 1.73. The molecule has 0 aliphatic carbocycles. The maximum Gasteiger partial charge on any atom is 0.275 e. The van der Waals surface area contributed by atoms with Crippen LogP contribution in [-0.2, 0) is 0 Å². The third-order valence-electron chi connectivity index (χ3n) is 4.52. The van der Waals surface area contributed by atoms with Gasteiger partial charge in [0.1, 0.15) is 11.5 Å². The molecule has 1 fully saturated rings. The van der Waals surface area contributed by atoms with Gasteiger partial charge < -0.3 is 10.2 Å². The summed E-state index contributed by atoms with van der Waals surface area (Å²) in [5, 5.41) is 3.37. The highest BCUT2D eigenvalue weighted by molar-refractivity contribution is 6.34. The number of hydrogen-bond donors (Lipinski definition) is 1. The predicted octanol–water partition coefficient (Wildman–Crippen LogP) is 4.24. The minimum atomic E-state index is -0.306. The number of aryl methyl sites for hydroxylation is 2. The number of carbonyl (C=O) groups is 1. The molecule has 0 bridgehead atoms. The molecular formula is C19H23ClN4O. The van der Waals surface area contributed by atoms with E-state index < -0.39 is 0 Å². The quantitative estimate of drug-likeness (QED) is 0.891. The summed E-state index contributed by atoms with van der Waals surface area (Å²) in [5.74, 6) is 1.18. The molecule has 1 atom stereocenters. The highest BCUT2D eigenvalue weighted by Crippen LogP contribution is 2.27. The Morgan fingerprint density at radius 3 is 2.72 bits per heavy atom. The largest absolute Gasteiger partial charge is 0.355 e. The lowest BCUT2D eigenvalue weighted by Crippen LogP contribution is -2.35. The molecular weight excluding hydrogens is 336 g/mol. The van der Waals surface area contributed by atoms with Crippen molar-refractivity contribution in [3.63, 3.8) is 0 Å². The monoisotopic (exact) mass is 358 g/mol. The van der Waals surface area contributed by atoms with Gasteiger partial charge in [-0.3, -0.25) is 4.79 Å². The Kier molecular flexibility index (Phi) is 5.23. The number of piperidine rings is 1. The first-order valence-electron chi connectivity index (χ1n) is 8.59. The van der Waals surface area contributed by atoms with E-state index in [9.17, 15) is 4.79 Å². The first-order valence-corrected chi connectivity index (χ1v) is 8.97. The average molecular weight is 359 g/mol. The third kappa shape index (κ3) is 4.10. The molecule has 132 valence electrons. The van der Waals surface area contributed by atoms with Gasteiger partial charge in [0.05, 0.1) is 23.1 Å². The maximum absolute atomic E-state index is 12.5. The zero-order chi connectivity index (χ0) is 18.0. The highest BCUT2D eigenvalue weighted by Gasteiger charge is 2.19. The molecule has 1 aromatic heterocycles. The fourth-order valence-corrected chi connectivity index (χ4v) is 3.62. The smallest absolute Gasteiger partial charge is 0.275 e. The van der Waals surface area contributed by atoms with Crippen LogP contribution in [0.1, 0.15) is 41.4 Å². The zero-order valence-electron chi connectivity index (χ0n) is 14.8. The molecule has 0 spiro atoms. The van der Waals surface area contributed by atoms with Crippen molar-refractivity contribution < 1.29 is 4.79 Å². The average Bonchev–Trinajstić information content (AvgIpc) is 2.58. The fraction of sp³-hybridized carbons (Fsp3) is 0.421. The van der Waals surface area contributed by atoms with E-state index in [0.717, 1.165) is 36.5 Å². The van der Waals surface area contributed by atoms with E-state index in [4.69, 9.17) is 11.6 Å². The summed E-state index contributed by atoms with van der Waals surface area (Å²) < 4.78 is 0. The number of halogens is 1. The SMILES string of the molecule is Cc1cc(C)c(NC(=O)c2cnc(N3CCCC(C)C3)cn2)c(Cl)c1. The van der Waals surface area contributed by atoms with Crippen molar-refractivity contribution in [3.8, 4) is 0 Å². The second-order valence-electron chi connectivity index (χ2n) is 6.85. The van der Waals surface area contributed by atoms with Gasteiger partial charge in [-0.1, -0.05) is 24.6 Å². The summed E-state index contributed by atoms with van der Waals surface area (Å²) in [6, 6.07) is 3.81. The summed E-state index contributed by atoms with van der Waals surface area (Å²) in [7, 11) is 0. The van der Waals surface area contributed by atoms with Crippen LogP contribution in [-0.4, -0.2) is 29.0 Å². The highest BCUT2D eigenvalue weighted by atomic mass is 35.5. The molecule has 25 heavy (non-hydrogen) atoms. The number of hydrogen-bond acceptors (Lipinski definition) is 4. The van der Waals surface area contributed by atoms with Crippen LogP contribution in [0.3, 0.4) is 0 Å². The van der Waals surface area contributed by atoms with Crippen molar-refractivity contribution in [1.82, 2.24) is 9.97 Å². The topological polar surface area (TPSA) is 58.1 Å².